The van der Waals surface area contributed by atoms with E-state index in [0.29, 0.717) is 12.8 Å². The first-order valence-corrected chi connectivity index (χ1v) is 6.22. The minimum Gasteiger partial charge on any atom is -0.481 e. The van der Waals surface area contributed by atoms with Crippen LogP contribution < -0.4 is 5.32 Å². The highest BCUT2D eigenvalue weighted by Crippen LogP contribution is 2.30. The number of halogens is 3. The van der Waals surface area contributed by atoms with Crippen molar-refractivity contribution in [3.05, 3.63) is 0 Å². The van der Waals surface area contributed by atoms with Crippen molar-refractivity contribution in [1.29, 1.82) is 0 Å². The van der Waals surface area contributed by atoms with Crippen molar-refractivity contribution in [1.82, 2.24) is 10.2 Å². The van der Waals surface area contributed by atoms with Crippen LogP contribution in [0.1, 0.15) is 12.8 Å². The van der Waals surface area contributed by atoms with Crippen molar-refractivity contribution in [3.8, 4) is 0 Å². The Labute approximate surface area is 112 Å². The summed E-state index contributed by atoms with van der Waals surface area (Å²) in [6.07, 6.45) is -3.40. The third kappa shape index (κ3) is 3.75. The zero-order chi connectivity index (χ0) is 14.9. The van der Waals surface area contributed by atoms with Gasteiger partial charge in [-0.1, -0.05) is 0 Å². The van der Waals surface area contributed by atoms with E-state index in [1.165, 1.54) is 0 Å². The molecule has 2 aliphatic rings. The fraction of sp³-hybridized carbons (Fsp3) is 0.818. The number of hydrogen-bond acceptors (Lipinski definition) is 3. The van der Waals surface area contributed by atoms with Gasteiger partial charge < -0.3 is 20.1 Å². The van der Waals surface area contributed by atoms with E-state index in [0.717, 1.165) is 4.90 Å². The molecule has 9 heteroatoms. The van der Waals surface area contributed by atoms with Crippen LogP contribution in [0, 0.1) is 5.92 Å². The maximum absolute atomic E-state index is 12.4. The Kier molecular flexibility index (Phi) is 4.07. The maximum atomic E-state index is 12.4. The first-order chi connectivity index (χ1) is 9.28. The number of ether oxygens (including phenoxy) is 1. The van der Waals surface area contributed by atoms with E-state index in [1.54, 1.807) is 0 Å². The van der Waals surface area contributed by atoms with Gasteiger partial charge in [-0.15, -0.1) is 0 Å². The molecule has 1 saturated heterocycles. The molecule has 0 aromatic carbocycles. The van der Waals surface area contributed by atoms with E-state index in [1.807, 2.05) is 0 Å². The number of amides is 2. The average Bonchev–Trinajstić information content (AvgIpc) is 3.04. The zero-order valence-electron chi connectivity index (χ0n) is 10.5. The Balaban J connectivity index is 1.96. The molecule has 2 amide bonds. The number of carboxylic acid groups (broad SMARTS) is 1. The highest BCUT2D eigenvalue weighted by Gasteiger charge is 2.43. The third-order valence-corrected chi connectivity index (χ3v) is 3.30. The summed E-state index contributed by atoms with van der Waals surface area (Å²) in [4.78, 5) is 23.5. The molecule has 0 aromatic heterocycles. The molecule has 0 aromatic rings. The summed E-state index contributed by atoms with van der Waals surface area (Å²) in [6.45, 7) is -1.38. The van der Waals surface area contributed by atoms with E-state index in [4.69, 9.17) is 9.84 Å². The normalized spacial score (nSPS) is 26.4. The van der Waals surface area contributed by atoms with E-state index >= 15 is 0 Å². The predicted octanol–water partition coefficient (Wildman–Crippen LogP) is 0.822. The van der Waals surface area contributed by atoms with E-state index < -0.39 is 42.7 Å². The largest absolute Gasteiger partial charge is 0.481 e. The zero-order valence-corrected chi connectivity index (χ0v) is 10.5. The Morgan fingerprint density at radius 1 is 1.30 bits per heavy atom. The van der Waals surface area contributed by atoms with E-state index in [2.05, 4.69) is 5.32 Å². The van der Waals surface area contributed by atoms with Crippen molar-refractivity contribution in [2.24, 2.45) is 5.92 Å². The van der Waals surface area contributed by atoms with Crippen molar-refractivity contribution in [2.45, 2.75) is 31.1 Å². The molecule has 0 radical (unpaired) electrons. The summed E-state index contributed by atoms with van der Waals surface area (Å²) < 4.78 is 42.2. The summed E-state index contributed by atoms with van der Waals surface area (Å²) in [5.74, 6) is -2.06. The smallest absolute Gasteiger partial charge is 0.406 e. The van der Waals surface area contributed by atoms with Crippen LogP contribution in [0.2, 0.25) is 0 Å². The Morgan fingerprint density at radius 3 is 2.45 bits per heavy atom. The highest BCUT2D eigenvalue weighted by atomic mass is 19.4. The van der Waals surface area contributed by atoms with Gasteiger partial charge in [0, 0.05) is 6.04 Å². The van der Waals surface area contributed by atoms with E-state index in [9.17, 15) is 22.8 Å². The number of carbonyl (C=O) groups excluding carboxylic acids is 1. The lowest BCUT2D eigenvalue weighted by Gasteiger charge is -2.26. The van der Waals surface area contributed by atoms with Crippen molar-refractivity contribution in [3.63, 3.8) is 0 Å². The number of alkyl halides is 3. The molecule has 2 N–H and O–H groups in total. The van der Waals surface area contributed by atoms with Crippen LogP contribution in [0.25, 0.3) is 0 Å². The fourth-order valence-corrected chi connectivity index (χ4v) is 2.13. The lowest BCUT2D eigenvalue weighted by Crippen LogP contribution is -2.51. The first-order valence-electron chi connectivity index (χ1n) is 6.22. The second kappa shape index (κ2) is 5.47. The molecule has 2 fully saturated rings. The van der Waals surface area contributed by atoms with Gasteiger partial charge in [-0.25, -0.2) is 4.79 Å². The Hall–Kier alpha value is -1.51. The molecule has 1 saturated carbocycles. The number of aliphatic carboxylic acids is 1. The molecule has 114 valence electrons. The van der Waals surface area contributed by atoms with Crippen LogP contribution in [0.4, 0.5) is 18.0 Å². The number of carboxylic acids is 1. The van der Waals surface area contributed by atoms with Crippen LogP contribution >= 0.6 is 0 Å². The van der Waals surface area contributed by atoms with Gasteiger partial charge >= 0.3 is 18.2 Å². The Bertz CT molecular complexity index is 398. The minimum absolute atomic E-state index is 0.00672. The SMILES string of the molecule is O=C(O)C1COCC1NC(=O)N(CC(F)(F)F)C1CC1. The fourth-order valence-electron chi connectivity index (χ4n) is 2.13. The van der Waals surface area contributed by atoms with Crippen molar-refractivity contribution in [2.75, 3.05) is 19.8 Å². The summed E-state index contributed by atoms with van der Waals surface area (Å²) in [5, 5.41) is 11.3. The number of carbonyl (C=O) groups is 2. The molecule has 2 unspecified atom stereocenters. The number of hydrogen-bond donors (Lipinski definition) is 2. The second-order valence-electron chi connectivity index (χ2n) is 5.01. The highest BCUT2D eigenvalue weighted by molar-refractivity contribution is 5.77. The predicted molar refractivity (Wildman–Crippen MR) is 60.0 cm³/mol. The van der Waals surface area contributed by atoms with Gasteiger partial charge in [0.25, 0.3) is 0 Å². The summed E-state index contributed by atoms with van der Waals surface area (Å²) in [6, 6.07) is -2.09. The van der Waals surface area contributed by atoms with Crippen LogP contribution in [-0.4, -0.2) is 60.0 Å². The lowest BCUT2D eigenvalue weighted by molar-refractivity contribution is -0.143. The molecule has 2 atom stereocenters. The van der Waals surface area contributed by atoms with E-state index in [-0.39, 0.29) is 13.2 Å². The third-order valence-electron chi connectivity index (χ3n) is 3.30. The average molecular weight is 296 g/mol. The number of nitrogens with one attached hydrogen (secondary N) is 1. The van der Waals surface area contributed by atoms with Gasteiger partial charge in [0.2, 0.25) is 0 Å². The van der Waals surface area contributed by atoms with Crippen molar-refractivity contribution >= 4 is 12.0 Å². The minimum atomic E-state index is -4.47. The Morgan fingerprint density at radius 2 is 1.95 bits per heavy atom. The molecule has 1 heterocycles. The molecule has 6 nitrogen and oxygen atoms in total. The number of urea groups is 1. The second-order valence-corrected chi connectivity index (χ2v) is 5.01. The number of rotatable bonds is 4. The van der Waals surface area contributed by atoms with Crippen LogP contribution in [-0.2, 0) is 9.53 Å². The first kappa shape index (κ1) is 14.9. The quantitative estimate of drug-likeness (QED) is 0.805. The van der Waals surface area contributed by atoms with Crippen LogP contribution in [0.3, 0.4) is 0 Å². The summed E-state index contributed by atoms with van der Waals surface area (Å²) >= 11 is 0. The van der Waals surface area contributed by atoms with Gasteiger partial charge in [-0.2, -0.15) is 13.2 Å². The molecular formula is C11H15F3N2O4. The van der Waals surface area contributed by atoms with Gasteiger partial charge in [-0.3, -0.25) is 4.79 Å². The molecule has 1 aliphatic heterocycles. The van der Waals surface area contributed by atoms with Gasteiger partial charge in [0.1, 0.15) is 12.5 Å². The van der Waals surface area contributed by atoms with Crippen molar-refractivity contribution < 1.29 is 32.6 Å². The molecule has 2 rings (SSSR count). The monoisotopic (exact) mass is 296 g/mol. The molecule has 0 bridgehead atoms. The standard InChI is InChI=1S/C11H15F3N2O4/c12-11(13,14)5-16(6-1-2-6)10(19)15-8-4-20-3-7(8)9(17)18/h6-8H,1-5H2,(H,15,19)(H,17,18). The molecule has 20 heavy (non-hydrogen) atoms. The van der Waals surface area contributed by atoms with Crippen LogP contribution in [0.5, 0.6) is 0 Å². The number of nitrogens with zero attached hydrogens (tertiary/aromatic N) is 1. The van der Waals surface area contributed by atoms with Gasteiger partial charge in [0.15, 0.2) is 0 Å². The molecule has 0 spiro atoms. The molecule has 1 aliphatic carbocycles. The molecular weight excluding hydrogens is 281 g/mol. The lowest BCUT2D eigenvalue weighted by atomic mass is 10.0. The van der Waals surface area contributed by atoms with Gasteiger partial charge in [-0.05, 0) is 12.8 Å². The summed E-state index contributed by atoms with van der Waals surface area (Å²) in [5.41, 5.74) is 0. The topological polar surface area (TPSA) is 78.9 Å². The van der Waals surface area contributed by atoms with Crippen LogP contribution in [0.15, 0.2) is 0 Å². The maximum Gasteiger partial charge on any atom is 0.406 e. The summed E-state index contributed by atoms with van der Waals surface area (Å²) in [7, 11) is 0. The van der Waals surface area contributed by atoms with Gasteiger partial charge in [0.05, 0.1) is 19.3 Å².